The molecule has 2 heteroatoms. The second-order valence-electron chi connectivity index (χ2n) is 2.71. The van der Waals surface area contributed by atoms with Crippen LogP contribution in [-0.2, 0) is 0 Å². The number of hydrogen-bond donors (Lipinski definition) is 1. The van der Waals surface area contributed by atoms with Gasteiger partial charge in [0.2, 0.25) is 0 Å². The third-order valence-corrected chi connectivity index (χ3v) is 1.14. The quantitative estimate of drug-likeness (QED) is 0.513. The number of hydroxylamine groups is 2. The van der Waals surface area contributed by atoms with Crippen LogP contribution in [-0.4, -0.2) is 12.1 Å². The van der Waals surface area contributed by atoms with Gasteiger partial charge in [-0.1, -0.05) is 0 Å². The molecule has 0 fully saturated rings. The highest BCUT2D eigenvalue weighted by molar-refractivity contribution is 4.39. The van der Waals surface area contributed by atoms with E-state index in [-0.39, 0.29) is 12.1 Å². The molecule has 0 amide bonds. The molecule has 0 aromatic carbocycles. The van der Waals surface area contributed by atoms with E-state index in [9.17, 15) is 5.21 Å². The lowest BCUT2D eigenvalue weighted by atomic mass is 10.3. The van der Waals surface area contributed by atoms with Gasteiger partial charge in [-0.05, 0) is 27.7 Å². The molecule has 0 atom stereocenters. The largest absolute Gasteiger partial charge is 0.634 e. The lowest BCUT2D eigenvalue weighted by Crippen LogP contribution is -3.13. The van der Waals surface area contributed by atoms with Crippen molar-refractivity contribution in [1.82, 2.24) is 0 Å². The van der Waals surface area contributed by atoms with Gasteiger partial charge in [0.15, 0.2) is 0 Å². The van der Waals surface area contributed by atoms with E-state index in [1.54, 1.807) is 0 Å². The topological polar surface area (TPSA) is 27.5 Å². The molecule has 0 bridgehead atoms. The van der Waals surface area contributed by atoms with E-state index in [1.807, 2.05) is 27.7 Å². The van der Waals surface area contributed by atoms with Crippen molar-refractivity contribution < 1.29 is 5.06 Å². The van der Waals surface area contributed by atoms with Crippen molar-refractivity contribution in [1.29, 1.82) is 0 Å². The Morgan fingerprint density at radius 2 is 1.25 bits per heavy atom. The molecule has 1 N–H and O–H groups in total. The predicted octanol–water partition coefficient (Wildman–Crippen LogP) is 0.186. The first-order chi connectivity index (χ1) is 3.55. The third-order valence-electron chi connectivity index (χ3n) is 1.14. The number of quaternary nitrogens is 1. The summed E-state index contributed by atoms with van der Waals surface area (Å²) in [5.74, 6) is 0. The fourth-order valence-corrected chi connectivity index (χ4v) is 0.667. The maximum absolute atomic E-state index is 10.8. The minimum absolute atomic E-state index is 0.204. The number of hydrogen-bond acceptors (Lipinski definition) is 1. The zero-order chi connectivity index (χ0) is 6.73. The molecule has 50 valence electrons. The third kappa shape index (κ3) is 2.28. The summed E-state index contributed by atoms with van der Waals surface area (Å²) in [5.41, 5.74) is 0. The summed E-state index contributed by atoms with van der Waals surface area (Å²) in [5, 5.41) is 11.2. The second kappa shape index (κ2) is 3.05. The molecular formula is C6H15NO. The molecule has 0 aromatic rings. The van der Waals surface area contributed by atoms with Gasteiger partial charge >= 0.3 is 0 Å². The summed E-state index contributed by atoms with van der Waals surface area (Å²) >= 11 is 0. The molecule has 0 rings (SSSR count). The summed E-state index contributed by atoms with van der Waals surface area (Å²) in [6, 6.07) is 0.407. The first-order valence-corrected chi connectivity index (χ1v) is 3.09. The van der Waals surface area contributed by atoms with Crippen molar-refractivity contribution in [3.63, 3.8) is 0 Å². The maximum atomic E-state index is 10.8. The summed E-state index contributed by atoms with van der Waals surface area (Å²) in [7, 11) is 0. The molecule has 8 heavy (non-hydrogen) atoms. The smallest absolute Gasteiger partial charge is 0.0816 e. The van der Waals surface area contributed by atoms with Gasteiger partial charge in [-0.25, -0.2) is 0 Å². The van der Waals surface area contributed by atoms with Crippen LogP contribution in [0.2, 0.25) is 0 Å². The van der Waals surface area contributed by atoms with Crippen LogP contribution in [0.5, 0.6) is 0 Å². The van der Waals surface area contributed by atoms with E-state index in [2.05, 4.69) is 0 Å². The predicted molar refractivity (Wildman–Crippen MR) is 34.6 cm³/mol. The average Bonchev–Trinajstić information content (AvgIpc) is 1.64. The first kappa shape index (κ1) is 7.92. The van der Waals surface area contributed by atoms with Gasteiger partial charge in [0.1, 0.15) is 0 Å². The van der Waals surface area contributed by atoms with Gasteiger partial charge in [0.05, 0.1) is 12.1 Å². The van der Waals surface area contributed by atoms with Gasteiger partial charge in [0.25, 0.3) is 0 Å². The highest BCUT2D eigenvalue weighted by Gasteiger charge is 2.04. The Morgan fingerprint density at radius 3 is 1.25 bits per heavy atom. The molecular weight excluding hydrogens is 102 g/mol. The summed E-state index contributed by atoms with van der Waals surface area (Å²) in [6.45, 7) is 7.73. The average molecular weight is 117 g/mol. The molecule has 0 saturated heterocycles. The highest BCUT2D eigenvalue weighted by atomic mass is 16.5. The number of nitrogens with one attached hydrogen (secondary N) is 1. The molecule has 0 saturated carbocycles. The van der Waals surface area contributed by atoms with Crippen LogP contribution in [0.4, 0.5) is 0 Å². The first-order valence-electron chi connectivity index (χ1n) is 3.09. The summed E-state index contributed by atoms with van der Waals surface area (Å²) < 4.78 is 0. The fraction of sp³-hybridized carbons (Fsp3) is 1.00. The van der Waals surface area contributed by atoms with Crippen LogP contribution in [0, 0.1) is 5.21 Å². The standard InChI is InChI=1S/C6H15NO/c1-5(2)7(8)6(3)4/h5-7H,1-4H3. The minimum Gasteiger partial charge on any atom is -0.634 e. The highest BCUT2D eigenvalue weighted by Crippen LogP contribution is 1.72. The van der Waals surface area contributed by atoms with Gasteiger partial charge in [-0.2, -0.15) is 0 Å². The lowest BCUT2D eigenvalue weighted by molar-refractivity contribution is -0.893. The molecule has 2 nitrogen and oxygen atoms in total. The van der Waals surface area contributed by atoms with Crippen molar-refractivity contribution in [2.24, 2.45) is 0 Å². The molecule has 0 aliphatic carbocycles. The van der Waals surface area contributed by atoms with Crippen molar-refractivity contribution in [3.05, 3.63) is 5.21 Å². The van der Waals surface area contributed by atoms with E-state index in [4.69, 9.17) is 0 Å². The Hall–Kier alpha value is -0.0800. The van der Waals surface area contributed by atoms with E-state index in [0.29, 0.717) is 5.06 Å². The van der Waals surface area contributed by atoms with Crippen molar-refractivity contribution in [3.8, 4) is 0 Å². The van der Waals surface area contributed by atoms with Crippen LogP contribution >= 0.6 is 0 Å². The second-order valence-corrected chi connectivity index (χ2v) is 2.71. The molecule has 0 aliphatic rings. The van der Waals surface area contributed by atoms with Crippen LogP contribution in [0.3, 0.4) is 0 Å². The Balaban J connectivity index is 3.46. The van der Waals surface area contributed by atoms with Crippen LogP contribution in [0.1, 0.15) is 27.7 Å². The Bertz CT molecular complexity index is 53.5. The van der Waals surface area contributed by atoms with E-state index in [0.717, 1.165) is 0 Å². The monoisotopic (exact) mass is 117 g/mol. The molecule has 0 aliphatic heterocycles. The van der Waals surface area contributed by atoms with Gasteiger partial charge < -0.3 is 10.3 Å². The normalized spacial score (nSPS) is 12.0. The van der Waals surface area contributed by atoms with Crippen LogP contribution in [0.15, 0.2) is 0 Å². The molecule has 0 heterocycles. The van der Waals surface area contributed by atoms with Gasteiger partial charge in [0, 0.05) is 0 Å². The fourth-order valence-electron chi connectivity index (χ4n) is 0.667. The van der Waals surface area contributed by atoms with Crippen molar-refractivity contribution in [2.45, 2.75) is 39.8 Å². The molecule has 0 spiro atoms. The Kier molecular flexibility index (Phi) is 3.02. The Labute approximate surface area is 51.1 Å². The molecule has 0 aromatic heterocycles. The minimum atomic E-state index is 0.204. The molecule has 0 unspecified atom stereocenters. The van der Waals surface area contributed by atoms with Gasteiger partial charge in [-0.3, -0.25) is 0 Å². The lowest BCUT2D eigenvalue weighted by Gasteiger charge is -2.30. The van der Waals surface area contributed by atoms with E-state index in [1.165, 1.54) is 0 Å². The molecule has 0 radical (unpaired) electrons. The van der Waals surface area contributed by atoms with Gasteiger partial charge in [-0.15, -0.1) is 0 Å². The van der Waals surface area contributed by atoms with E-state index < -0.39 is 0 Å². The van der Waals surface area contributed by atoms with Crippen molar-refractivity contribution in [2.75, 3.05) is 0 Å². The summed E-state index contributed by atoms with van der Waals surface area (Å²) in [4.78, 5) is 0. The summed E-state index contributed by atoms with van der Waals surface area (Å²) in [6.07, 6.45) is 0. The SMILES string of the molecule is CC(C)[NH+]([O-])C(C)C. The van der Waals surface area contributed by atoms with Crippen molar-refractivity contribution >= 4 is 0 Å². The van der Waals surface area contributed by atoms with Crippen LogP contribution < -0.4 is 5.06 Å². The van der Waals surface area contributed by atoms with Crippen LogP contribution in [0.25, 0.3) is 0 Å². The zero-order valence-electron chi connectivity index (χ0n) is 6.06. The van der Waals surface area contributed by atoms with E-state index >= 15 is 0 Å². The maximum Gasteiger partial charge on any atom is 0.0816 e. The zero-order valence-corrected chi connectivity index (χ0v) is 6.06. The number of rotatable bonds is 2. The Morgan fingerprint density at radius 1 is 1.00 bits per heavy atom.